The third kappa shape index (κ3) is 3.63. The van der Waals surface area contributed by atoms with Crippen molar-refractivity contribution < 1.29 is 14.3 Å². The smallest absolute Gasteiger partial charge is 0.251 e. The van der Waals surface area contributed by atoms with E-state index in [4.69, 9.17) is 15.2 Å². The monoisotopic (exact) mass is 467 g/mol. The number of nitrogens with zero attached hydrogens (tertiary/aromatic N) is 3. The molecule has 2 aliphatic heterocycles. The molecule has 0 radical (unpaired) electrons. The number of amides is 1. The van der Waals surface area contributed by atoms with Gasteiger partial charge in [-0.25, -0.2) is 4.98 Å². The summed E-state index contributed by atoms with van der Waals surface area (Å²) in [5, 5.41) is 7.30. The summed E-state index contributed by atoms with van der Waals surface area (Å²) in [4.78, 5) is 17.3. The number of ether oxygens (including phenoxy) is 2. The summed E-state index contributed by atoms with van der Waals surface area (Å²) in [6, 6.07) is 15.4. The Morgan fingerprint density at radius 1 is 1.06 bits per heavy atom. The van der Waals surface area contributed by atoms with E-state index in [-0.39, 0.29) is 18.1 Å². The normalized spacial score (nSPS) is 17.2. The number of carbonyl (C=O) groups excluding carboxylic acids is 1. The highest BCUT2D eigenvalue weighted by Crippen LogP contribution is 2.55. The summed E-state index contributed by atoms with van der Waals surface area (Å²) in [7, 11) is 1.85. The maximum Gasteiger partial charge on any atom is 0.251 e. The molecule has 4 aromatic rings. The van der Waals surface area contributed by atoms with Crippen molar-refractivity contribution >= 4 is 11.7 Å². The van der Waals surface area contributed by atoms with Crippen LogP contribution in [0.2, 0.25) is 0 Å². The van der Waals surface area contributed by atoms with Crippen LogP contribution in [0.3, 0.4) is 0 Å². The van der Waals surface area contributed by atoms with Gasteiger partial charge in [0.15, 0.2) is 0 Å². The van der Waals surface area contributed by atoms with Crippen LogP contribution >= 0.6 is 0 Å². The SMILES string of the molecule is Cc1cc(N)nc(C)c1CNC(=O)c1ccc2c(c1)C1OC2c2ccc(Oc3ccn(C)n3)cc21. The van der Waals surface area contributed by atoms with Crippen molar-refractivity contribution in [2.45, 2.75) is 32.6 Å². The number of nitrogen functional groups attached to an aromatic ring is 1. The first-order valence-corrected chi connectivity index (χ1v) is 11.5. The first-order valence-electron chi connectivity index (χ1n) is 11.5. The number of aromatic nitrogens is 3. The fourth-order valence-corrected chi connectivity index (χ4v) is 5.02. The minimum atomic E-state index is -0.226. The molecular formula is C27H25N5O3. The van der Waals surface area contributed by atoms with Crippen LogP contribution in [-0.2, 0) is 18.3 Å². The van der Waals surface area contributed by atoms with Crippen LogP contribution in [0, 0.1) is 13.8 Å². The van der Waals surface area contributed by atoms with Gasteiger partial charge in [0.25, 0.3) is 5.91 Å². The number of fused-ring (bicyclic) bond motifs is 8. The zero-order chi connectivity index (χ0) is 24.3. The average Bonchev–Trinajstić information content (AvgIpc) is 3.51. The molecule has 0 aliphatic carbocycles. The van der Waals surface area contributed by atoms with Gasteiger partial charge in [0.1, 0.15) is 23.8 Å². The Balaban J connectivity index is 1.22. The lowest BCUT2D eigenvalue weighted by molar-refractivity contribution is 0.0857. The molecule has 8 heteroatoms. The molecule has 2 aromatic heterocycles. The third-order valence-electron chi connectivity index (χ3n) is 6.72. The van der Waals surface area contributed by atoms with Crippen LogP contribution in [0.4, 0.5) is 5.82 Å². The van der Waals surface area contributed by atoms with Gasteiger partial charge in [-0.2, -0.15) is 0 Å². The predicted octanol–water partition coefficient (Wildman–Crippen LogP) is 4.26. The quantitative estimate of drug-likeness (QED) is 0.455. The van der Waals surface area contributed by atoms with Crippen molar-refractivity contribution in [1.82, 2.24) is 20.1 Å². The van der Waals surface area contributed by atoms with Crippen LogP contribution in [0.5, 0.6) is 11.6 Å². The molecule has 8 nitrogen and oxygen atoms in total. The van der Waals surface area contributed by atoms with Crippen molar-refractivity contribution in [3.63, 3.8) is 0 Å². The average molecular weight is 468 g/mol. The van der Waals surface area contributed by atoms with Gasteiger partial charge < -0.3 is 20.5 Å². The van der Waals surface area contributed by atoms with E-state index >= 15 is 0 Å². The number of nitrogens with one attached hydrogen (secondary N) is 1. The van der Waals surface area contributed by atoms with Gasteiger partial charge in [-0.3, -0.25) is 9.48 Å². The summed E-state index contributed by atoms with van der Waals surface area (Å²) in [5.41, 5.74) is 13.5. The van der Waals surface area contributed by atoms with Crippen molar-refractivity contribution in [3.8, 4) is 11.6 Å². The number of hydrogen-bond acceptors (Lipinski definition) is 6. The fraction of sp³-hybridized carbons (Fsp3) is 0.222. The van der Waals surface area contributed by atoms with Crippen molar-refractivity contribution in [1.29, 1.82) is 0 Å². The number of benzene rings is 2. The number of pyridine rings is 1. The zero-order valence-corrected chi connectivity index (χ0v) is 19.7. The Morgan fingerprint density at radius 2 is 1.80 bits per heavy atom. The van der Waals surface area contributed by atoms with E-state index in [1.807, 2.05) is 75.6 Å². The highest BCUT2D eigenvalue weighted by molar-refractivity contribution is 5.94. The molecule has 4 heterocycles. The summed E-state index contributed by atoms with van der Waals surface area (Å²) >= 11 is 0. The second-order valence-electron chi connectivity index (χ2n) is 9.07. The molecule has 0 saturated heterocycles. The first kappa shape index (κ1) is 21.4. The number of aryl methyl sites for hydroxylation is 3. The molecule has 0 spiro atoms. The molecule has 0 saturated carbocycles. The van der Waals surface area contributed by atoms with Crippen LogP contribution in [0.25, 0.3) is 0 Å². The largest absolute Gasteiger partial charge is 0.438 e. The lowest BCUT2D eigenvalue weighted by Crippen LogP contribution is -2.24. The summed E-state index contributed by atoms with van der Waals surface area (Å²) in [6.07, 6.45) is 1.48. The number of rotatable bonds is 5. The van der Waals surface area contributed by atoms with E-state index in [9.17, 15) is 4.79 Å². The molecule has 1 amide bonds. The molecule has 2 bridgehead atoms. The Bertz CT molecular complexity index is 1470. The van der Waals surface area contributed by atoms with E-state index in [0.29, 0.717) is 29.6 Å². The van der Waals surface area contributed by atoms with Crippen molar-refractivity contribution in [2.75, 3.05) is 5.73 Å². The molecule has 2 unspecified atom stereocenters. The number of nitrogens with two attached hydrogens (primary N) is 1. The number of hydrogen-bond donors (Lipinski definition) is 2. The maximum absolute atomic E-state index is 13.0. The predicted molar refractivity (Wildman–Crippen MR) is 130 cm³/mol. The summed E-state index contributed by atoms with van der Waals surface area (Å²) in [5.74, 6) is 1.59. The van der Waals surface area contributed by atoms with E-state index in [1.165, 1.54) is 0 Å². The van der Waals surface area contributed by atoms with Gasteiger partial charge in [-0.1, -0.05) is 12.1 Å². The number of carbonyl (C=O) groups is 1. The second kappa shape index (κ2) is 7.95. The highest BCUT2D eigenvalue weighted by atomic mass is 16.5. The molecule has 2 atom stereocenters. The second-order valence-corrected chi connectivity index (χ2v) is 9.07. The van der Waals surface area contributed by atoms with Crippen molar-refractivity contribution in [3.05, 3.63) is 99.4 Å². The van der Waals surface area contributed by atoms with Crippen LogP contribution < -0.4 is 15.8 Å². The van der Waals surface area contributed by atoms with Gasteiger partial charge in [0.2, 0.25) is 5.88 Å². The Labute approximate surface area is 202 Å². The maximum atomic E-state index is 13.0. The first-order chi connectivity index (χ1) is 16.9. The molecule has 6 rings (SSSR count). The Morgan fingerprint density at radius 3 is 2.54 bits per heavy atom. The van der Waals surface area contributed by atoms with Crippen LogP contribution in [-0.4, -0.2) is 20.7 Å². The third-order valence-corrected chi connectivity index (χ3v) is 6.72. The fourth-order valence-electron chi connectivity index (χ4n) is 5.02. The molecule has 35 heavy (non-hydrogen) atoms. The zero-order valence-electron chi connectivity index (χ0n) is 19.7. The minimum absolute atomic E-state index is 0.128. The van der Waals surface area contributed by atoms with Crippen molar-refractivity contribution in [2.24, 2.45) is 7.05 Å². The highest BCUT2D eigenvalue weighted by Gasteiger charge is 2.43. The molecule has 2 aliphatic rings. The Kier molecular flexibility index (Phi) is 4.86. The molecule has 176 valence electrons. The molecule has 0 fully saturated rings. The van der Waals surface area contributed by atoms with E-state index in [0.717, 1.165) is 39.1 Å². The summed E-state index contributed by atoms with van der Waals surface area (Å²) in [6.45, 7) is 4.26. The van der Waals surface area contributed by atoms with E-state index < -0.39 is 0 Å². The molecule has 3 N–H and O–H groups in total. The molecule has 2 aromatic carbocycles. The lowest BCUT2D eigenvalue weighted by atomic mass is 9.85. The van der Waals surface area contributed by atoms with Crippen LogP contribution in [0.15, 0.2) is 54.7 Å². The van der Waals surface area contributed by atoms with Gasteiger partial charge in [-0.05, 0) is 77.6 Å². The van der Waals surface area contributed by atoms with Gasteiger partial charge in [0.05, 0.1) is 0 Å². The van der Waals surface area contributed by atoms with Crippen LogP contribution in [0.1, 0.15) is 61.6 Å². The number of anilines is 1. The van der Waals surface area contributed by atoms with E-state index in [1.54, 1.807) is 4.68 Å². The minimum Gasteiger partial charge on any atom is -0.438 e. The van der Waals surface area contributed by atoms with Gasteiger partial charge in [0, 0.05) is 37.1 Å². The standard InChI is InChI=1S/C27H25N5O3/c1-14-10-23(28)30-15(2)22(14)13-29-27(33)16-4-6-18-20(11-16)26-21-12-17(5-7-19(21)25(18)35-26)34-24-8-9-32(3)31-24/h4-12,25-26H,13H2,1-3H3,(H2,28,30)(H,29,33). The van der Waals surface area contributed by atoms with E-state index in [2.05, 4.69) is 15.4 Å². The lowest BCUT2D eigenvalue weighted by Gasteiger charge is -2.18. The topological polar surface area (TPSA) is 104 Å². The Hall–Kier alpha value is -4.17. The van der Waals surface area contributed by atoms with Gasteiger partial charge in [-0.15, -0.1) is 5.10 Å². The molecular weight excluding hydrogens is 442 g/mol. The summed E-state index contributed by atoms with van der Waals surface area (Å²) < 4.78 is 13.9. The van der Waals surface area contributed by atoms with Gasteiger partial charge >= 0.3 is 0 Å².